The summed E-state index contributed by atoms with van der Waals surface area (Å²) in [5, 5.41) is 4.03. The number of rotatable bonds is 1. The Bertz CT molecular complexity index is 436. The molecule has 68 valence electrons. The van der Waals surface area contributed by atoms with Gasteiger partial charge in [0.05, 0.1) is 6.20 Å². The second kappa shape index (κ2) is 4.19. The molecule has 2 aromatic rings. The number of nitrogens with zero attached hydrogens (tertiary/aromatic N) is 4. The van der Waals surface area contributed by atoms with Crippen LogP contribution in [0.4, 0.5) is 0 Å². The van der Waals surface area contributed by atoms with Gasteiger partial charge in [-0.05, 0) is 12.0 Å². The van der Waals surface area contributed by atoms with Gasteiger partial charge in [0, 0.05) is 24.8 Å². The van der Waals surface area contributed by atoms with Gasteiger partial charge in [-0.25, -0.2) is 4.98 Å². The van der Waals surface area contributed by atoms with Crippen LogP contribution in [0, 0.1) is 11.8 Å². The van der Waals surface area contributed by atoms with Crippen molar-refractivity contribution < 1.29 is 0 Å². The van der Waals surface area contributed by atoms with Crippen molar-refractivity contribution in [2.75, 3.05) is 0 Å². The molecule has 0 bridgehead atoms. The number of aromatic nitrogens is 4. The standard InChI is InChI=1S/C10H8N4/c1(7-14-8-2-4-13-14)3-10-9-11-5-6-12-10/h2,4-6,8-9H,7H2. The molecular weight excluding hydrogens is 176 g/mol. The van der Waals surface area contributed by atoms with Crippen LogP contribution in [0.25, 0.3) is 0 Å². The highest BCUT2D eigenvalue weighted by molar-refractivity contribution is 5.23. The van der Waals surface area contributed by atoms with Crippen molar-refractivity contribution in [1.29, 1.82) is 0 Å². The van der Waals surface area contributed by atoms with E-state index in [2.05, 4.69) is 26.9 Å². The maximum absolute atomic E-state index is 4.03. The van der Waals surface area contributed by atoms with Crippen molar-refractivity contribution in [3.05, 3.63) is 42.7 Å². The van der Waals surface area contributed by atoms with Crippen LogP contribution < -0.4 is 0 Å². The molecule has 4 heteroatoms. The molecule has 2 aromatic heterocycles. The van der Waals surface area contributed by atoms with E-state index >= 15 is 0 Å². The van der Waals surface area contributed by atoms with Crippen LogP contribution in [0.15, 0.2) is 37.1 Å². The van der Waals surface area contributed by atoms with E-state index in [1.54, 1.807) is 29.5 Å². The second-order valence-corrected chi connectivity index (χ2v) is 2.60. The van der Waals surface area contributed by atoms with Crippen molar-refractivity contribution >= 4 is 0 Å². The van der Waals surface area contributed by atoms with Gasteiger partial charge in [-0.2, -0.15) is 5.10 Å². The van der Waals surface area contributed by atoms with Crippen LogP contribution in [-0.2, 0) is 6.54 Å². The SMILES string of the molecule is C(#Cc1cnccn1)Cn1cccn1. The lowest BCUT2D eigenvalue weighted by Crippen LogP contribution is -1.95. The summed E-state index contributed by atoms with van der Waals surface area (Å²) in [5.74, 6) is 5.85. The molecule has 0 aliphatic rings. The van der Waals surface area contributed by atoms with Gasteiger partial charge in [0.15, 0.2) is 0 Å². The Morgan fingerprint density at radius 2 is 2.29 bits per heavy atom. The Kier molecular flexibility index (Phi) is 2.53. The topological polar surface area (TPSA) is 43.6 Å². The maximum Gasteiger partial charge on any atom is 0.131 e. The largest absolute Gasteiger partial charge is 0.261 e. The van der Waals surface area contributed by atoms with E-state index in [-0.39, 0.29) is 0 Å². The van der Waals surface area contributed by atoms with Crippen molar-refractivity contribution in [2.24, 2.45) is 0 Å². The van der Waals surface area contributed by atoms with Crippen LogP contribution in [0.5, 0.6) is 0 Å². The van der Waals surface area contributed by atoms with Gasteiger partial charge >= 0.3 is 0 Å². The lowest BCUT2D eigenvalue weighted by Gasteiger charge is -1.90. The fraction of sp³-hybridized carbons (Fsp3) is 0.100. The normalized spacial score (nSPS) is 9.14. The minimum Gasteiger partial charge on any atom is -0.261 e. The molecule has 2 rings (SSSR count). The summed E-state index contributed by atoms with van der Waals surface area (Å²) >= 11 is 0. The first-order chi connectivity index (χ1) is 6.95. The van der Waals surface area contributed by atoms with E-state index in [9.17, 15) is 0 Å². The van der Waals surface area contributed by atoms with E-state index in [1.165, 1.54) is 0 Å². The Balaban J connectivity index is 2.02. The van der Waals surface area contributed by atoms with Crippen molar-refractivity contribution in [3.63, 3.8) is 0 Å². The van der Waals surface area contributed by atoms with E-state index in [0.717, 1.165) is 0 Å². The molecule has 0 radical (unpaired) electrons. The fourth-order valence-corrected chi connectivity index (χ4v) is 0.969. The molecule has 0 fully saturated rings. The molecule has 0 aliphatic heterocycles. The average Bonchev–Trinajstić information content (AvgIpc) is 2.72. The molecule has 0 unspecified atom stereocenters. The third-order valence-electron chi connectivity index (χ3n) is 1.58. The van der Waals surface area contributed by atoms with Crippen molar-refractivity contribution in [1.82, 2.24) is 19.7 Å². The molecular formula is C10H8N4. The minimum absolute atomic E-state index is 0.573. The first-order valence-electron chi connectivity index (χ1n) is 4.17. The van der Waals surface area contributed by atoms with Gasteiger partial charge in [-0.3, -0.25) is 9.67 Å². The molecule has 14 heavy (non-hydrogen) atoms. The van der Waals surface area contributed by atoms with E-state index < -0.39 is 0 Å². The average molecular weight is 184 g/mol. The molecule has 0 spiro atoms. The smallest absolute Gasteiger partial charge is 0.131 e. The summed E-state index contributed by atoms with van der Waals surface area (Å²) in [6, 6.07) is 1.87. The predicted molar refractivity (Wildman–Crippen MR) is 51.1 cm³/mol. The lowest BCUT2D eigenvalue weighted by atomic mass is 10.4. The third-order valence-corrected chi connectivity index (χ3v) is 1.58. The summed E-state index contributed by atoms with van der Waals surface area (Å²) in [4.78, 5) is 7.94. The zero-order chi connectivity index (χ0) is 9.64. The van der Waals surface area contributed by atoms with Gasteiger partial charge in [0.2, 0.25) is 0 Å². The van der Waals surface area contributed by atoms with Crippen molar-refractivity contribution in [3.8, 4) is 11.8 Å². The summed E-state index contributed by atoms with van der Waals surface area (Å²) in [6.45, 7) is 0.573. The van der Waals surface area contributed by atoms with E-state index in [1.807, 2.05) is 12.3 Å². The molecule has 0 aromatic carbocycles. The first kappa shape index (κ1) is 8.45. The van der Waals surface area contributed by atoms with E-state index in [4.69, 9.17) is 0 Å². The quantitative estimate of drug-likeness (QED) is 0.613. The number of hydrogen-bond acceptors (Lipinski definition) is 3. The molecule has 0 amide bonds. The fourth-order valence-electron chi connectivity index (χ4n) is 0.969. The van der Waals surface area contributed by atoms with Crippen LogP contribution in [-0.4, -0.2) is 19.7 Å². The summed E-state index contributed by atoms with van der Waals surface area (Å²) in [5.41, 5.74) is 0.680. The van der Waals surface area contributed by atoms with Crippen LogP contribution in [0.2, 0.25) is 0 Å². The Morgan fingerprint density at radius 1 is 1.29 bits per heavy atom. The van der Waals surface area contributed by atoms with Gasteiger partial charge in [0.25, 0.3) is 0 Å². The molecule has 0 atom stereocenters. The van der Waals surface area contributed by atoms with Crippen LogP contribution >= 0.6 is 0 Å². The van der Waals surface area contributed by atoms with Crippen LogP contribution in [0.3, 0.4) is 0 Å². The lowest BCUT2D eigenvalue weighted by molar-refractivity contribution is 0.715. The van der Waals surface area contributed by atoms with Gasteiger partial charge in [-0.15, -0.1) is 0 Å². The molecule has 2 heterocycles. The summed E-state index contributed by atoms with van der Waals surface area (Å²) in [7, 11) is 0. The molecule has 0 saturated heterocycles. The molecule has 0 saturated carbocycles. The first-order valence-corrected chi connectivity index (χ1v) is 4.17. The van der Waals surface area contributed by atoms with Crippen LogP contribution in [0.1, 0.15) is 5.69 Å². The minimum atomic E-state index is 0.573. The Morgan fingerprint density at radius 3 is 3.00 bits per heavy atom. The Hall–Kier alpha value is -2.15. The number of hydrogen-bond donors (Lipinski definition) is 0. The van der Waals surface area contributed by atoms with E-state index in [0.29, 0.717) is 12.2 Å². The zero-order valence-corrected chi connectivity index (χ0v) is 7.46. The molecule has 0 aliphatic carbocycles. The molecule has 0 N–H and O–H groups in total. The zero-order valence-electron chi connectivity index (χ0n) is 7.46. The highest BCUT2D eigenvalue weighted by Gasteiger charge is 1.85. The van der Waals surface area contributed by atoms with Gasteiger partial charge in [0.1, 0.15) is 12.2 Å². The summed E-state index contributed by atoms with van der Waals surface area (Å²) in [6.07, 6.45) is 8.47. The third kappa shape index (κ3) is 2.17. The Labute approximate surface area is 81.6 Å². The predicted octanol–water partition coefficient (Wildman–Crippen LogP) is 0.725. The second-order valence-electron chi connectivity index (χ2n) is 2.60. The highest BCUT2D eigenvalue weighted by atomic mass is 15.3. The van der Waals surface area contributed by atoms with Gasteiger partial charge < -0.3 is 0 Å². The molecule has 4 nitrogen and oxygen atoms in total. The monoisotopic (exact) mass is 184 g/mol. The van der Waals surface area contributed by atoms with Gasteiger partial charge in [-0.1, -0.05) is 5.92 Å². The maximum atomic E-state index is 4.03. The summed E-state index contributed by atoms with van der Waals surface area (Å²) < 4.78 is 1.75. The highest BCUT2D eigenvalue weighted by Crippen LogP contribution is 1.86. The van der Waals surface area contributed by atoms with Crippen molar-refractivity contribution in [2.45, 2.75) is 6.54 Å².